The molecule has 0 saturated carbocycles. The highest BCUT2D eigenvalue weighted by atomic mass is 32.1. The van der Waals surface area contributed by atoms with E-state index in [-0.39, 0.29) is 37.0 Å². The molecule has 6 heterocycles. The lowest BCUT2D eigenvalue weighted by Crippen LogP contribution is -2.62. The van der Waals surface area contributed by atoms with Crippen LogP contribution in [-0.4, -0.2) is 125 Å². The third-order valence-electron chi connectivity index (χ3n) is 12.2. The summed E-state index contributed by atoms with van der Waals surface area (Å²) in [7, 11) is 3.34. The van der Waals surface area contributed by atoms with Gasteiger partial charge in [0.25, 0.3) is 5.91 Å². The first-order valence-electron chi connectivity index (χ1n) is 21.6. The van der Waals surface area contributed by atoms with Gasteiger partial charge in [0.2, 0.25) is 5.91 Å². The van der Waals surface area contributed by atoms with E-state index in [2.05, 4.69) is 65.7 Å². The molecule has 3 aliphatic rings. The first kappa shape index (κ1) is 44.2. The molecule has 3 N–H and O–H groups in total. The number of hydrogen-bond donors (Lipinski definition) is 3. The van der Waals surface area contributed by atoms with Crippen LogP contribution in [0.4, 0.5) is 4.79 Å². The fourth-order valence-corrected chi connectivity index (χ4v) is 9.80. The molecular weight excluding hydrogens is 795 g/mol. The minimum atomic E-state index is -1.03. The van der Waals surface area contributed by atoms with Crippen LogP contribution in [0.3, 0.4) is 0 Å². The number of urea groups is 1. The highest BCUT2D eigenvalue weighted by Crippen LogP contribution is 2.42. The molecule has 16 heteroatoms. The number of carbonyl (C=O) groups is 4. The van der Waals surface area contributed by atoms with E-state index in [1.165, 1.54) is 21.2 Å². The summed E-state index contributed by atoms with van der Waals surface area (Å²) < 4.78 is 14.2. The summed E-state index contributed by atoms with van der Waals surface area (Å²) in [5.74, 6) is -1.50. The number of esters is 1. The van der Waals surface area contributed by atoms with Gasteiger partial charge in [0.15, 0.2) is 0 Å². The summed E-state index contributed by atoms with van der Waals surface area (Å²) in [5, 5.41) is 11.5. The summed E-state index contributed by atoms with van der Waals surface area (Å²) in [6.45, 7) is 15.8. The molecule has 61 heavy (non-hydrogen) atoms. The van der Waals surface area contributed by atoms with Crippen LogP contribution in [0.15, 0.2) is 41.9 Å². The van der Waals surface area contributed by atoms with Gasteiger partial charge in [0, 0.05) is 98.9 Å². The van der Waals surface area contributed by atoms with Crippen LogP contribution in [0.5, 0.6) is 0 Å². The molecule has 6 bridgehead atoms. The van der Waals surface area contributed by atoms with Crippen LogP contribution >= 0.6 is 11.3 Å². The molecule has 1 aromatic carbocycles. The van der Waals surface area contributed by atoms with Crippen molar-refractivity contribution in [3.05, 3.63) is 58.2 Å². The SMILES string of the molecule is CCn1c(-c2cccnc2[C@H](C)OC)c2c3cc(ccc31)-c1csc(n1)C[C@H](NC(=O)C(C(C)C)N(C)C(=O)N1CCNCC1)C(=O)N1CCC[C@H](N1)C(=O)OCC(C)(C)C2. The Bertz CT molecular complexity index is 2250. The zero-order valence-electron chi connectivity index (χ0n) is 36.7. The van der Waals surface area contributed by atoms with Gasteiger partial charge in [0.1, 0.15) is 18.1 Å². The van der Waals surface area contributed by atoms with E-state index in [0.717, 1.165) is 44.7 Å². The van der Waals surface area contributed by atoms with E-state index in [0.29, 0.717) is 63.5 Å². The number of amides is 4. The molecule has 0 radical (unpaired) electrons. The number of thiazole rings is 1. The van der Waals surface area contributed by atoms with Crippen LogP contribution in [0, 0.1) is 11.3 Å². The second-order valence-electron chi connectivity index (χ2n) is 17.6. The smallest absolute Gasteiger partial charge is 0.324 e. The molecular formula is C45H61N9O6S. The monoisotopic (exact) mass is 855 g/mol. The Balaban J connectivity index is 1.29. The minimum Gasteiger partial charge on any atom is -0.464 e. The van der Waals surface area contributed by atoms with Crippen molar-refractivity contribution >= 4 is 46.1 Å². The average molecular weight is 856 g/mol. The molecule has 328 valence electrons. The Morgan fingerprint density at radius 2 is 1.90 bits per heavy atom. The largest absolute Gasteiger partial charge is 0.464 e. The Labute approximate surface area is 362 Å². The minimum absolute atomic E-state index is 0.113. The first-order valence-corrected chi connectivity index (χ1v) is 22.4. The number of cyclic esters (lactones) is 1. The molecule has 0 spiro atoms. The van der Waals surface area contributed by atoms with Crippen LogP contribution in [0.1, 0.15) is 76.8 Å². The number of fused-ring (bicyclic) bond motifs is 6. The summed E-state index contributed by atoms with van der Waals surface area (Å²) in [6.07, 6.45) is 3.31. The lowest BCUT2D eigenvalue weighted by Gasteiger charge is -2.38. The van der Waals surface area contributed by atoms with Crippen LogP contribution in [0.2, 0.25) is 0 Å². The normalized spacial score (nSPS) is 20.9. The Kier molecular flexibility index (Phi) is 13.5. The Hall–Kier alpha value is -4.90. The molecule has 3 aliphatic heterocycles. The third-order valence-corrected chi connectivity index (χ3v) is 13.0. The van der Waals surface area contributed by atoms with Crippen molar-refractivity contribution in [2.75, 3.05) is 53.5 Å². The number of ether oxygens (including phenoxy) is 2. The highest BCUT2D eigenvalue weighted by Gasteiger charge is 2.39. The fourth-order valence-electron chi connectivity index (χ4n) is 8.95. The van der Waals surface area contributed by atoms with E-state index in [1.807, 2.05) is 32.2 Å². The standard InChI is InChI=1S/C45H61N9O6S/c1-9-53-36-15-14-29-22-31(36)32(40(53)30-12-10-16-47-38(30)28(4)59-8)24-45(5,6)26-60-43(57)33-13-11-19-54(50-33)42(56)34(23-37-48-35(29)25-61-37)49-41(55)39(27(2)3)51(7)44(58)52-20-17-46-18-21-52/h10,12,14-16,22,25,27-28,33-34,39,46,50H,9,11,13,17-21,23-24,26H2,1-8H3,(H,49,55)/t28-,33-,34-,39?/m0/s1. The molecule has 4 amide bonds. The lowest BCUT2D eigenvalue weighted by molar-refractivity contribution is -0.155. The predicted molar refractivity (Wildman–Crippen MR) is 236 cm³/mol. The highest BCUT2D eigenvalue weighted by molar-refractivity contribution is 7.10. The number of aromatic nitrogens is 3. The summed E-state index contributed by atoms with van der Waals surface area (Å²) in [6, 6.07) is 7.60. The number of carbonyl (C=O) groups excluding carboxylic acids is 4. The molecule has 3 aromatic heterocycles. The number of pyridine rings is 1. The molecule has 7 rings (SSSR count). The number of methoxy groups -OCH3 is 1. The number of nitrogens with zero attached hydrogens (tertiary/aromatic N) is 6. The van der Waals surface area contributed by atoms with Crippen LogP contribution < -0.4 is 16.1 Å². The Morgan fingerprint density at radius 1 is 1.13 bits per heavy atom. The van der Waals surface area contributed by atoms with Gasteiger partial charge in [0.05, 0.1) is 34.8 Å². The van der Waals surface area contributed by atoms with E-state index in [1.54, 1.807) is 25.3 Å². The number of benzene rings is 1. The summed E-state index contributed by atoms with van der Waals surface area (Å²) in [4.78, 5) is 69.4. The van der Waals surface area contributed by atoms with Crippen molar-refractivity contribution in [2.45, 2.75) is 98.0 Å². The molecule has 4 atom stereocenters. The van der Waals surface area contributed by atoms with Gasteiger partial charge in [-0.3, -0.25) is 24.4 Å². The number of nitrogens with one attached hydrogen (secondary N) is 3. The van der Waals surface area contributed by atoms with Crippen molar-refractivity contribution in [3.8, 4) is 22.5 Å². The van der Waals surface area contributed by atoms with E-state index >= 15 is 0 Å². The quantitative estimate of drug-likeness (QED) is 0.201. The summed E-state index contributed by atoms with van der Waals surface area (Å²) in [5.41, 5.74) is 9.39. The zero-order chi connectivity index (χ0) is 43.6. The first-order chi connectivity index (χ1) is 29.2. The second-order valence-corrected chi connectivity index (χ2v) is 18.5. The molecule has 1 unspecified atom stereocenters. The number of hydrazine groups is 1. The van der Waals surface area contributed by atoms with Gasteiger partial charge < -0.3 is 34.5 Å². The van der Waals surface area contributed by atoms with Crippen molar-refractivity contribution in [1.29, 1.82) is 0 Å². The maximum Gasteiger partial charge on any atom is 0.324 e. The lowest BCUT2D eigenvalue weighted by atomic mass is 9.84. The fraction of sp³-hybridized carbons (Fsp3) is 0.556. The topological polar surface area (TPSA) is 163 Å². The van der Waals surface area contributed by atoms with E-state index in [4.69, 9.17) is 19.4 Å². The number of hydrogen-bond acceptors (Lipinski definition) is 11. The zero-order valence-corrected chi connectivity index (χ0v) is 37.6. The number of likely N-dealkylation sites (N-methyl/N-ethyl adjacent to an activating group) is 1. The molecule has 2 saturated heterocycles. The third kappa shape index (κ3) is 9.32. The van der Waals surface area contributed by atoms with Gasteiger partial charge >= 0.3 is 12.0 Å². The van der Waals surface area contributed by atoms with Gasteiger partial charge in [-0.25, -0.2) is 15.2 Å². The molecule has 2 fully saturated rings. The second kappa shape index (κ2) is 18.6. The van der Waals surface area contributed by atoms with Crippen LogP contribution in [0.25, 0.3) is 33.4 Å². The average Bonchev–Trinajstić information content (AvgIpc) is 3.85. The maximum absolute atomic E-state index is 14.5. The number of aryl methyl sites for hydroxylation is 1. The van der Waals surface area contributed by atoms with Gasteiger partial charge in [-0.15, -0.1) is 11.3 Å². The summed E-state index contributed by atoms with van der Waals surface area (Å²) >= 11 is 1.43. The number of rotatable bonds is 8. The molecule has 15 nitrogen and oxygen atoms in total. The van der Waals surface area contributed by atoms with Gasteiger partial charge in [-0.05, 0) is 68.9 Å². The number of piperazine rings is 1. The Morgan fingerprint density at radius 3 is 2.62 bits per heavy atom. The van der Waals surface area contributed by atoms with E-state index < -0.39 is 35.4 Å². The molecule has 4 aromatic rings. The maximum atomic E-state index is 14.5. The van der Waals surface area contributed by atoms with Gasteiger partial charge in [-0.1, -0.05) is 33.8 Å². The van der Waals surface area contributed by atoms with Crippen molar-refractivity contribution in [2.24, 2.45) is 11.3 Å². The molecule has 0 aliphatic carbocycles. The van der Waals surface area contributed by atoms with Crippen molar-refractivity contribution in [1.82, 2.24) is 45.4 Å². The van der Waals surface area contributed by atoms with Gasteiger partial charge in [-0.2, -0.15) is 0 Å². The van der Waals surface area contributed by atoms with Crippen molar-refractivity contribution in [3.63, 3.8) is 0 Å². The predicted octanol–water partition coefficient (Wildman–Crippen LogP) is 5.18. The van der Waals surface area contributed by atoms with Crippen molar-refractivity contribution < 1.29 is 28.7 Å². The van der Waals surface area contributed by atoms with Crippen LogP contribution in [-0.2, 0) is 43.2 Å². The van der Waals surface area contributed by atoms with E-state index in [9.17, 15) is 19.2 Å².